The molecule has 0 heterocycles. The van der Waals surface area contributed by atoms with E-state index in [1.807, 2.05) is 19.1 Å². The predicted molar refractivity (Wildman–Crippen MR) is 70.6 cm³/mol. The number of ether oxygens (including phenoxy) is 1. The fraction of sp³-hybridized carbons (Fsp3) is 0.133. The summed E-state index contributed by atoms with van der Waals surface area (Å²) in [5.74, 6) is -0.641. The van der Waals surface area contributed by atoms with Gasteiger partial charge in [-0.1, -0.05) is 17.7 Å². The van der Waals surface area contributed by atoms with E-state index in [1.165, 1.54) is 6.07 Å². The molecule has 0 aliphatic rings. The van der Waals surface area contributed by atoms with E-state index in [2.05, 4.69) is 0 Å². The van der Waals surface area contributed by atoms with Gasteiger partial charge >= 0.3 is 5.97 Å². The maximum absolute atomic E-state index is 12.0. The second kappa shape index (κ2) is 5.02. The van der Waals surface area contributed by atoms with Crippen LogP contribution in [0.4, 0.5) is 0 Å². The molecule has 2 aromatic rings. The largest absolute Gasteiger partial charge is 0.508 e. The lowest BCUT2D eigenvalue weighted by Crippen LogP contribution is -2.10. The van der Waals surface area contributed by atoms with Gasteiger partial charge in [0.15, 0.2) is 0 Å². The molecule has 0 saturated heterocycles. The Balaban J connectivity index is 2.28. The molecule has 0 unspecified atom stereocenters. The van der Waals surface area contributed by atoms with Crippen molar-refractivity contribution in [2.75, 3.05) is 0 Å². The van der Waals surface area contributed by atoms with E-state index < -0.39 is 5.97 Å². The number of esters is 1. The van der Waals surface area contributed by atoms with Gasteiger partial charge in [-0.3, -0.25) is 0 Å². The Labute approximate surface area is 110 Å². The zero-order valence-electron chi connectivity index (χ0n) is 10.7. The van der Waals surface area contributed by atoms with Gasteiger partial charge in [0.1, 0.15) is 22.8 Å². The highest BCUT2D eigenvalue weighted by Crippen LogP contribution is 2.28. The van der Waals surface area contributed by atoms with Crippen LogP contribution < -0.4 is 4.74 Å². The lowest BCUT2D eigenvalue weighted by Gasteiger charge is -2.09. The van der Waals surface area contributed by atoms with Gasteiger partial charge < -0.3 is 14.9 Å². The van der Waals surface area contributed by atoms with E-state index in [1.54, 1.807) is 19.1 Å². The van der Waals surface area contributed by atoms with E-state index >= 15 is 0 Å². The Kier molecular flexibility index (Phi) is 3.42. The second-order valence-electron chi connectivity index (χ2n) is 4.36. The van der Waals surface area contributed by atoms with Crippen molar-refractivity contribution in [3.63, 3.8) is 0 Å². The monoisotopic (exact) mass is 258 g/mol. The van der Waals surface area contributed by atoms with Gasteiger partial charge in [-0.2, -0.15) is 0 Å². The predicted octanol–water partition coefficient (Wildman–Crippen LogP) is 2.93. The Morgan fingerprint density at radius 3 is 2.26 bits per heavy atom. The molecule has 0 aliphatic carbocycles. The third-order valence-corrected chi connectivity index (χ3v) is 2.74. The molecule has 98 valence electrons. The molecular formula is C15H14O4. The molecular weight excluding hydrogens is 244 g/mol. The van der Waals surface area contributed by atoms with E-state index in [-0.39, 0.29) is 17.1 Å². The average molecular weight is 258 g/mol. The molecule has 0 aromatic heterocycles. The summed E-state index contributed by atoms with van der Waals surface area (Å²) in [4.78, 5) is 12.0. The van der Waals surface area contributed by atoms with Gasteiger partial charge in [-0.15, -0.1) is 0 Å². The van der Waals surface area contributed by atoms with Gasteiger partial charge in [0.2, 0.25) is 0 Å². The third kappa shape index (κ3) is 2.85. The first-order valence-corrected chi connectivity index (χ1v) is 5.79. The Bertz CT molecular complexity index is 592. The number of phenolic OH excluding ortho intramolecular Hbond substituents is 2. The average Bonchev–Trinajstić information content (AvgIpc) is 2.30. The molecule has 0 radical (unpaired) electrons. The maximum atomic E-state index is 12.0. The smallest absolute Gasteiger partial charge is 0.347 e. The minimum Gasteiger partial charge on any atom is -0.508 e. The lowest BCUT2D eigenvalue weighted by molar-refractivity contribution is 0.0731. The van der Waals surface area contributed by atoms with Crippen molar-refractivity contribution in [2.24, 2.45) is 0 Å². The number of rotatable bonds is 2. The normalized spacial score (nSPS) is 10.2. The van der Waals surface area contributed by atoms with Crippen molar-refractivity contribution in [1.82, 2.24) is 0 Å². The summed E-state index contributed by atoms with van der Waals surface area (Å²) in [6.45, 7) is 3.55. The fourth-order valence-electron chi connectivity index (χ4n) is 1.78. The molecule has 4 nitrogen and oxygen atoms in total. The van der Waals surface area contributed by atoms with E-state index in [0.717, 1.165) is 11.6 Å². The minimum absolute atomic E-state index is 0.0541. The Morgan fingerprint density at radius 2 is 1.68 bits per heavy atom. The molecule has 0 bridgehead atoms. The summed E-state index contributed by atoms with van der Waals surface area (Å²) in [5, 5.41) is 19.0. The first-order chi connectivity index (χ1) is 8.97. The van der Waals surface area contributed by atoms with Crippen molar-refractivity contribution >= 4 is 5.97 Å². The number of carbonyl (C=O) groups is 1. The quantitative estimate of drug-likeness (QED) is 0.642. The third-order valence-electron chi connectivity index (χ3n) is 2.74. The number of aromatic hydroxyl groups is 2. The van der Waals surface area contributed by atoms with Gasteiger partial charge in [-0.05, 0) is 37.6 Å². The summed E-state index contributed by atoms with van der Waals surface area (Å²) in [5.41, 5.74) is 1.57. The summed E-state index contributed by atoms with van der Waals surface area (Å²) < 4.78 is 5.18. The molecule has 2 rings (SSSR count). The fourth-order valence-corrected chi connectivity index (χ4v) is 1.78. The highest BCUT2D eigenvalue weighted by Gasteiger charge is 2.17. The number of phenols is 2. The topological polar surface area (TPSA) is 66.8 Å². The van der Waals surface area contributed by atoms with E-state index in [9.17, 15) is 15.0 Å². The van der Waals surface area contributed by atoms with Crippen LogP contribution in [0.15, 0.2) is 36.4 Å². The zero-order valence-corrected chi connectivity index (χ0v) is 10.7. The molecule has 4 heteroatoms. The number of hydrogen-bond donors (Lipinski definition) is 2. The van der Waals surface area contributed by atoms with Crippen molar-refractivity contribution in [2.45, 2.75) is 13.8 Å². The summed E-state index contributed by atoms with van der Waals surface area (Å²) in [7, 11) is 0. The van der Waals surface area contributed by atoms with Gasteiger partial charge in [0.05, 0.1) is 0 Å². The zero-order chi connectivity index (χ0) is 14.0. The maximum Gasteiger partial charge on any atom is 0.347 e. The van der Waals surface area contributed by atoms with Crippen LogP contribution in [-0.4, -0.2) is 16.2 Å². The van der Waals surface area contributed by atoms with Crippen LogP contribution in [0.5, 0.6) is 17.2 Å². The van der Waals surface area contributed by atoms with Crippen molar-refractivity contribution in [3.05, 3.63) is 53.1 Å². The molecule has 19 heavy (non-hydrogen) atoms. The highest BCUT2D eigenvalue weighted by molar-refractivity contribution is 5.95. The van der Waals surface area contributed by atoms with Gasteiger partial charge in [0, 0.05) is 6.07 Å². The molecule has 2 aromatic carbocycles. The number of benzene rings is 2. The summed E-state index contributed by atoms with van der Waals surface area (Å²) >= 11 is 0. The number of aryl methyl sites for hydroxylation is 2. The van der Waals surface area contributed by atoms with Crippen LogP contribution in [-0.2, 0) is 0 Å². The second-order valence-corrected chi connectivity index (χ2v) is 4.36. The molecule has 0 amide bonds. The number of hydrogen-bond acceptors (Lipinski definition) is 4. The van der Waals surface area contributed by atoms with Gasteiger partial charge in [0.25, 0.3) is 0 Å². The van der Waals surface area contributed by atoms with Crippen LogP contribution in [0.3, 0.4) is 0 Å². The molecule has 0 fully saturated rings. The van der Waals surface area contributed by atoms with E-state index in [4.69, 9.17) is 4.74 Å². The molecule has 0 aliphatic heterocycles. The highest BCUT2D eigenvalue weighted by atomic mass is 16.5. The lowest BCUT2D eigenvalue weighted by atomic mass is 10.1. The summed E-state index contributed by atoms with van der Waals surface area (Å²) in [6.07, 6.45) is 0. The van der Waals surface area contributed by atoms with Crippen molar-refractivity contribution < 1.29 is 19.7 Å². The first-order valence-electron chi connectivity index (χ1n) is 5.79. The Hall–Kier alpha value is -2.49. The van der Waals surface area contributed by atoms with Crippen LogP contribution in [0, 0.1) is 13.8 Å². The van der Waals surface area contributed by atoms with E-state index in [0.29, 0.717) is 11.3 Å². The first kappa shape index (κ1) is 13.0. The van der Waals surface area contributed by atoms with Crippen LogP contribution in [0.2, 0.25) is 0 Å². The van der Waals surface area contributed by atoms with Crippen molar-refractivity contribution in [1.29, 1.82) is 0 Å². The van der Waals surface area contributed by atoms with Crippen LogP contribution in [0.25, 0.3) is 0 Å². The van der Waals surface area contributed by atoms with Gasteiger partial charge in [-0.25, -0.2) is 4.79 Å². The number of carbonyl (C=O) groups excluding carboxylic acids is 1. The van der Waals surface area contributed by atoms with Crippen LogP contribution in [0.1, 0.15) is 21.5 Å². The SMILES string of the molecule is Cc1ccc(OC(=O)c2c(C)cc(O)cc2O)cc1. The standard InChI is InChI=1S/C15H14O4/c1-9-3-5-12(6-4-9)19-15(18)14-10(2)7-11(16)8-13(14)17/h3-8,16-17H,1-2H3. The minimum atomic E-state index is -0.654. The molecule has 0 atom stereocenters. The molecule has 0 saturated carbocycles. The summed E-state index contributed by atoms with van der Waals surface area (Å²) in [6, 6.07) is 9.52. The Morgan fingerprint density at radius 1 is 1.05 bits per heavy atom. The molecule has 0 spiro atoms. The van der Waals surface area contributed by atoms with Crippen LogP contribution >= 0.6 is 0 Å². The van der Waals surface area contributed by atoms with Crippen molar-refractivity contribution in [3.8, 4) is 17.2 Å². The molecule has 2 N–H and O–H groups in total.